The van der Waals surface area contributed by atoms with E-state index in [-0.39, 0.29) is 24.7 Å². The van der Waals surface area contributed by atoms with Gasteiger partial charge in [-0.1, -0.05) is 30.3 Å². The lowest BCUT2D eigenvalue weighted by Crippen LogP contribution is -2.26. The standard InChI is InChI=1S/C11H15N7O2.C7H5F3/c12-8-9(16-5-17-10(8)18-13)6-3-7(15-4-6)11(20)14-1-2-19;8-7(9,10)6-4-2-1-3-5-6/h3-5,15,19H,1-2,12-13H2,(H,14,20)(H,16,17,18);1-5H. The number of nitrogens with zero attached hydrogens (tertiary/aromatic N) is 2. The van der Waals surface area contributed by atoms with Crippen molar-refractivity contribution in [2.75, 3.05) is 24.3 Å². The van der Waals surface area contributed by atoms with E-state index in [0.29, 0.717) is 22.8 Å². The minimum absolute atomic E-state index is 0.121. The van der Waals surface area contributed by atoms with Crippen LogP contribution >= 0.6 is 0 Å². The second-order valence-corrected chi connectivity index (χ2v) is 5.77. The summed E-state index contributed by atoms with van der Waals surface area (Å²) in [5.74, 6) is 5.27. The van der Waals surface area contributed by atoms with Gasteiger partial charge in [0.25, 0.3) is 5.91 Å². The second kappa shape index (κ2) is 10.2. The molecule has 2 heterocycles. The molecule has 0 aliphatic heterocycles. The highest BCUT2D eigenvalue weighted by Crippen LogP contribution is 2.28. The number of H-pyrrole nitrogens is 1. The number of aliphatic hydroxyl groups excluding tert-OH is 1. The molecular weight excluding hydrogens is 403 g/mol. The summed E-state index contributed by atoms with van der Waals surface area (Å²) in [5, 5.41) is 11.2. The first-order valence-electron chi connectivity index (χ1n) is 8.55. The zero-order valence-corrected chi connectivity index (χ0v) is 15.6. The van der Waals surface area contributed by atoms with E-state index in [1.54, 1.807) is 18.3 Å². The smallest absolute Gasteiger partial charge is 0.395 e. The van der Waals surface area contributed by atoms with Crippen molar-refractivity contribution >= 4 is 17.4 Å². The van der Waals surface area contributed by atoms with Crippen molar-refractivity contribution in [3.05, 3.63) is 60.2 Å². The Kier molecular flexibility index (Phi) is 7.72. The Morgan fingerprint density at radius 3 is 2.47 bits per heavy atom. The maximum atomic E-state index is 11.8. The number of aromatic nitrogens is 3. The van der Waals surface area contributed by atoms with E-state index in [4.69, 9.17) is 16.7 Å². The first-order valence-corrected chi connectivity index (χ1v) is 8.55. The summed E-state index contributed by atoms with van der Waals surface area (Å²) in [6, 6.07) is 7.96. The van der Waals surface area contributed by atoms with Gasteiger partial charge in [0.2, 0.25) is 0 Å². The van der Waals surface area contributed by atoms with E-state index in [9.17, 15) is 18.0 Å². The number of aliphatic hydroxyl groups is 1. The van der Waals surface area contributed by atoms with E-state index in [1.165, 1.54) is 18.5 Å². The number of hydrogen-bond acceptors (Lipinski definition) is 7. The van der Waals surface area contributed by atoms with Crippen molar-refractivity contribution in [2.45, 2.75) is 6.18 Å². The summed E-state index contributed by atoms with van der Waals surface area (Å²) >= 11 is 0. The van der Waals surface area contributed by atoms with Gasteiger partial charge in [-0.25, -0.2) is 15.8 Å². The van der Waals surface area contributed by atoms with Crippen molar-refractivity contribution in [3.8, 4) is 11.3 Å². The molecule has 0 radical (unpaired) electrons. The molecule has 0 spiro atoms. The molecule has 9 nitrogen and oxygen atoms in total. The predicted molar refractivity (Wildman–Crippen MR) is 105 cm³/mol. The van der Waals surface area contributed by atoms with Gasteiger partial charge in [-0.05, 0) is 6.07 Å². The maximum absolute atomic E-state index is 11.8. The molecule has 0 aliphatic rings. The van der Waals surface area contributed by atoms with Crippen LogP contribution < -0.4 is 22.3 Å². The second-order valence-electron chi connectivity index (χ2n) is 5.77. The zero-order valence-electron chi connectivity index (χ0n) is 15.6. The number of carbonyl (C=O) groups excluding carboxylic acids is 1. The van der Waals surface area contributed by atoms with Gasteiger partial charge in [0, 0.05) is 18.3 Å². The molecule has 0 saturated heterocycles. The van der Waals surface area contributed by atoms with Crippen LogP contribution in [0, 0.1) is 0 Å². The van der Waals surface area contributed by atoms with Crippen LogP contribution in [-0.2, 0) is 6.18 Å². The zero-order chi connectivity index (χ0) is 22.1. The number of halogens is 3. The third-order valence-corrected chi connectivity index (χ3v) is 3.72. The number of aromatic amines is 1. The Morgan fingerprint density at radius 2 is 1.90 bits per heavy atom. The van der Waals surface area contributed by atoms with Crippen LogP contribution in [0.3, 0.4) is 0 Å². The molecule has 160 valence electrons. The molecule has 8 N–H and O–H groups in total. The molecule has 0 fully saturated rings. The Balaban J connectivity index is 0.000000269. The Hall–Kier alpha value is -3.64. The lowest BCUT2D eigenvalue weighted by atomic mass is 10.2. The minimum Gasteiger partial charge on any atom is -0.395 e. The summed E-state index contributed by atoms with van der Waals surface area (Å²) in [5.41, 5.74) is 9.37. The van der Waals surface area contributed by atoms with Gasteiger partial charge >= 0.3 is 6.18 Å². The largest absolute Gasteiger partial charge is 0.416 e. The van der Waals surface area contributed by atoms with Gasteiger partial charge in [-0.2, -0.15) is 13.2 Å². The van der Waals surface area contributed by atoms with Gasteiger partial charge in [0.05, 0.1) is 12.2 Å². The molecule has 1 amide bonds. The molecule has 0 atom stereocenters. The van der Waals surface area contributed by atoms with Gasteiger partial charge in [-0.3, -0.25) is 4.79 Å². The molecule has 0 aliphatic carbocycles. The fraction of sp³-hybridized carbons (Fsp3) is 0.167. The third-order valence-electron chi connectivity index (χ3n) is 3.72. The molecule has 1 aromatic carbocycles. The lowest BCUT2D eigenvalue weighted by molar-refractivity contribution is -0.137. The predicted octanol–water partition coefficient (Wildman–Crippen LogP) is 1.77. The summed E-state index contributed by atoms with van der Waals surface area (Å²) in [6.45, 7) is 0.0633. The molecule has 0 unspecified atom stereocenters. The van der Waals surface area contributed by atoms with Crippen LogP contribution in [0.2, 0.25) is 0 Å². The fourth-order valence-corrected chi connectivity index (χ4v) is 2.29. The van der Waals surface area contributed by atoms with Gasteiger partial charge in [0.15, 0.2) is 5.82 Å². The SMILES string of the molecule is FC(F)(F)c1ccccc1.NNc1ncnc(-c2c[nH]c(C(=O)NCCO)c2)c1N. The summed E-state index contributed by atoms with van der Waals surface area (Å²) < 4.78 is 35.4. The first kappa shape index (κ1) is 22.6. The van der Waals surface area contributed by atoms with Crippen LogP contribution in [0.4, 0.5) is 24.7 Å². The van der Waals surface area contributed by atoms with E-state index >= 15 is 0 Å². The van der Waals surface area contributed by atoms with Crippen LogP contribution in [0.5, 0.6) is 0 Å². The maximum Gasteiger partial charge on any atom is 0.416 e. The highest BCUT2D eigenvalue weighted by atomic mass is 19.4. The molecule has 2 aromatic heterocycles. The van der Waals surface area contributed by atoms with E-state index in [0.717, 1.165) is 12.1 Å². The topological polar surface area (TPSA) is 155 Å². The highest BCUT2D eigenvalue weighted by Gasteiger charge is 2.29. The molecular formula is C18H20F3N7O2. The summed E-state index contributed by atoms with van der Waals surface area (Å²) in [6.07, 6.45) is -1.28. The van der Waals surface area contributed by atoms with Crippen molar-refractivity contribution < 1.29 is 23.1 Å². The van der Waals surface area contributed by atoms with E-state index in [2.05, 4.69) is 25.7 Å². The van der Waals surface area contributed by atoms with Crippen LogP contribution in [0.25, 0.3) is 11.3 Å². The summed E-state index contributed by atoms with van der Waals surface area (Å²) in [4.78, 5) is 22.5. The van der Waals surface area contributed by atoms with Crippen LogP contribution in [-0.4, -0.2) is 39.1 Å². The molecule has 30 heavy (non-hydrogen) atoms. The number of hydrazine groups is 1. The number of hydrogen-bond donors (Lipinski definition) is 6. The third kappa shape index (κ3) is 5.93. The number of carbonyl (C=O) groups is 1. The lowest BCUT2D eigenvalue weighted by Gasteiger charge is -2.06. The monoisotopic (exact) mass is 423 g/mol. The number of benzene rings is 1. The normalized spacial score (nSPS) is 10.7. The molecule has 0 saturated carbocycles. The molecule has 0 bridgehead atoms. The van der Waals surface area contributed by atoms with E-state index in [1.807, 2.05) is 0 Å². The minimum atomic E-state index is -4.21. The Morgan fingerprint density at radius 1 is 1.20 bits per heavy atom. The number of rotatable bonds is 5. The average molecular weight is 423 g/mol. The Bertz CT molecular complexity index is 962. The van der Waals surface area contributed by atoms with Crippen molar-refractivity contribution in [1.29, 1.82) is 0 Å². The van der Waals surface area contributed by atoms with Crippen LogP contribution in [0.1, 0.15) is 16.1 Å². The number of anilines is 2. The number of nitrogen functional groups attached to an aromatic ring is 2. The van der Waals surface area contributed by atoms with Gasteiger partial charge < -0.3 is 26.6 Å². The molecule has 3 aromatic rings. The average Bonchev–Trinajstić information content (AvgIpc) is 3.23. The summed E-state index contributed by atoms with van der Waals surface area (Å²) in [7, 11) is 0. The fourth-order valence-electron chi connectivity index (χ4n) is 2.29. The highest BCUT2D eigenvalue weighted by molar-refractivity contribution is 5.94. The number of alkyl halides is 3. The number of nitrogens with two attached hydrogens (primary N) is 2. The Labute approximate surface area is 169 Å². The van der Waals surface area contributed by atoms with Crippen LogP contribution in [0.15, 0.2) is 48.9 Å². The quantitative estimate of drug-likeness (QED) is 0.270. The van der Waals surface area contributed by atoms with Gasteiger partial charge in [0.1, 0.15) is 23.4 Å². The van der Waals surface area contributed by atoms with Crippen molar-refractivity contribution in [3.63, 3.8) is 0 Å². The van der Waals surface area contributed by atoms with Crippen molar-refractivity contribution in [1.82, 2.24) is 20.3 Å². The number of amides is 1. The van der Waals surface area contributed by atoms with Crippen molar-refractivity contribution in [2.24, 2.45) is 5.84 Å². The number of nitrogens with one attached hydrogen (secondary N) is 3. The van der Waals surface area contributed by atoms with Gasteiger partial charge in [-0.15, -0.1) is 0 Å². The van der Waals surface area contributed by atoms with E-state index < -0.39 is 11.7 Å². The first-order chi connectivity index (χ1) is 14.3. The molecule has 3 rings (SSSR count). The molecule has 12 heteroatoms.